The first kappa shape index (κ1) is 26.2. The molecule has 0 aromatic heterocycles. The smallest absolute Gasteiger partial charge is 0.335 e. The van der Waals surface area contributed by atoms with Gasteiger partial charge in [-0.15, -0.1) is 0 Å². The van der Waals surface area contributed by atoms with Gasteiger partial charge in [0.05, 0.1) is 5.56 Å². The average Bonchev–Trinajstić information content (AvgIpc) is 2.74. The number of benzene rings is 2. The summed E-state index contributed by atoms with van der Waals surface area (Å²) in [5, 5.41) is 5.19. The molecule has 0 bridgehead atoms. The predicted molar refractivity (Wildman–Crippen MR) is 123 cm³/mol. The van der Waals surface area contributed by atoms with E-state index < -0.39 is 23.8 Å². The number of carbonyl (C=O) groups excluding carboxylic acids is 2. The van der Waals surface area contributed by atoms with Crippen molar-refractivity contribution in [3.63, 3.8) is 0 Å². The van der Waals surface area contributed by atoms with Crippen LogP contribution in [0.5, 0.6) is 0 Å². The monoisotopic (exact) mass is 464 g/mol. The van der Waals surface area contributed by atoms with E-state index in [2.05, 4.69) is 10.6 Å². The third-order valence-corrected chi connectivity index (χ3v) is 5.03. The van der Waals surface area contributed by atoms with Gasteiger partial charge in [0, 0.05) is 25.3 Å². The number of nitrogens with zero attached hydrogens (tertiary/aromatic N) is 2. The van der Waals surface area contributed by atoms with Gasteiger partial charge in [-0.05, 0) is 49.8 Å². The number of halogens is 3. The number of likely N-dealkylation sites (N-methyl/N-ethyl adjacent to an activating group) is 1. The van der Waals surface area contributed by atoms with Crippen molar-refractivity contribution in [1.82, 2.24) is 15.1 Å². The van der Waals surface area contributed by atoms with E-state index in [-0.39, 0.29) is 17.5 Å². The standard InChI is InChI=1S/C24H31F3N4O2/c1-17(2)21(29-23(33)28-20-12-10-19(11-13-20)24(25,26)27)22(32)31(15-14-30(3)4)16-18-8-6-5-7-9-18/h5-13,17,21H,14-16H2,1-4H3,(H2,28,29,33). The van der Waals surface area contributed by atoms with Gasteiger partial charge in [0.1, 0.15) is 6.04 Å². The van der Waals surface area contributed by atoms with Crippen LogP contribution < -0.4 is 10.6 Å². The van der Waals surface area contributed by atoms with Gasteiger partial charge in [0.25, 0.3) is 0 Å². The minimum absolute atomic E-state index is 0.198. The maximum Gasteiger partial charge on any atom is 0.416 e. The number of nitrogens with one attached hydrogen (secondary N) is 2. The SMILES string of the molecule is CC(C)C(NC(=O)Nc1ccc(C(F)(F)F)cc1)C(=O)N(CCN(C)C)Cc1ccccc1. The summed E-state index contributed by atoms with van der Waals surface area (Å²) in [7, 11) is 3.84. The molecule has 0 aliphatic rings. The quantitative estimate of drug-likeness (QED) is 0.577. The molecule has 2 aromatic carbocycles. The Hall–Kier alpha value is -3.07. The van der Waals surface area contributed by atoms with Gasteiger partial charge < -0.3 is 20.4 Å². The Balaban J connectivity index is 2.11. The summed E-state index contributed by atoms with van der Waals surface area (Å²) in [5.74, 6) is -0.424. The highest BCUT2D eigenvalue weighted by molar-refractivity contribution is 5.93. The van der Waals surface area contributed by atoms with Crippen molar-refractivity contribution in [2.75, 3.05) is 32.5 Å². The summed E-state index contributed by atoms with van der Waals surface area (Å²) in [6, 6.07) is 12.3. The van der Waals surface area contributed by atoms with Crippen LogP contribution in [0.1, 0.15) is 25.0 Å². The van der Waals surface area contributed by atoms with Crippen LogP contribution in [0.3, 0.4) is 0 Å². The fraction of sp³-hybridized carbons (Fsp3) is 0.417. The fourth-order valence-electron chi connectivity index (χ4n) is 3.15. The van der Waals surface area contributed by atoms with Crippen LogP contribution >= 0.6 is 0 Å². The molecule has 0 radical (unpaired) electrons. The Bertz CT molecular complexity index is 900. The highest BCUT2D eigenvalue weighted by Gasteiger charge is 2.31. The highest BCUT2D eigenvalue weighted by Crippen LogP contribution is 2.29. The zero-order chi connectivity index (χ0) is 24.6. The molecule has 0 saturated carbocycles. The van der Waals surface area contributed by atoms with Crippen LogP contribution in [-0.4, -0.2) is 55.0 Å². The third-order valence-electron chi connectivity index (χ3n) is 5.03. The fourth-order valence-corrected chi connectivity index (χ4v) is 3.15. The first-order valence-corrected chi connectivity index (χ1v) is 10.7. The Morgan fingerprint density at radius 3 is 2.06 bits per heavy atom. The number of anilines is 1. The topological polar surface area (TPSA) is 64.7 Å². The number of amides is 3. The highest BCUT2D eigenvalue weighted by atomic mass is 19.4. The van der Waals surface area contributed by atoms with Crippen molar-refractivity contribution < 1.29 is 22.8 Å². The first-order valence-electron chi connectivity index (χ1n) is 10.7. The minimum Gasteiger partial charge on any atom is -0.335 e. The second-order valence-electron chi connectivity index (χ2n) is 8.44. The second kappa shape index (κ2) is 11.7. The molecule has 0 spiro atoms. The van der Waals surface area contributed by atoms with E-state index in [9.17, 15) is 22.8 Å². The molecule has 2 aromatic rings. The minimum atomic E-state index is -4.45. The Morgan fingerprint density at radius 2 is 1.55 bits per heavy atom. The lowest BCUT2D eigenvalue weighted by molar-refractivity contribution is -0.137. The Kier molecular flexibility index (Phi) is 9.28. The largest absolute Gasteiger partial charge is 0.416 e. The van der Waals surface area contributed by atoms with Crippen molar-refractivity contribution in [3.05, 3.63) is 65.7 Å². The lowest BCUT2D eigenvalue weighted by atomic mass is 10.0. The van der Waals surface area contributed by atoms with Crippen LogP contribution in [0, 0.1) is 5.92 Å². The summed E-state index contributed by atoms with van der Waals surface area (Å²) in [5.41, 5.74) is 0.367. The van der Waals surface area contributed by atoms with Gasteiger partial charge in [-0.2, -0.15) is 13.2 Å². The van der Waals surface area contributed by atoms with Crippen LogP contribution in [-0.2, 0) is 17.5 Å². The summed E-state index contributed by atoms with van der Waals surface area (Å²) in [4.78, 5) is 29.6. The molecule has 0 heterocycles. The molecule has 9 heteroatoms. The van der Waals surface area contributed by atoms with E-state index in [1.54, 1.807) is 4.90 Å². The van der Waals surface area contributed by atoms with Gasteiger partial charge in [-0.1, -0.05) is 44.2 Å². The van der Waals surface area contributed by atoms with Crippen LogP contribution in [0.4, 0.5) is 23.7 Å². The Morgan fingerprint density at radius 1 is 0.939 bits per heavy atom. The number of alkyl halides is 3. The number of rotatable bonds is 9. The number of carbonyl (C=O) groups is 2. The van der Waals surface area contributed by atoms with Crippen molar-refractivity contribution in [2.24, 2.45) is 5.92 Å². The van der Waals surface area contributed by atoms with Crippen LogP contribution in [0.2, 0.25) is 0 Å². The van der Waals surface area contributed by atoms with Crippen molar-refractivity contribution >= 4 is 17.6 Å². The molecule has 6 nitrogen and oxygen atoms in total. The van der Waals surface area contributed by atoms with E-state index in [0.29, 0.717) is 19.6 Å². The molecule has 0 aliphatic carbocycles. The maximum atomic E-state index is 13.4. The van der Waals surface area contributed by atoms with E-state index in [0.717, 1.165) is 17.7 Å². The molecule has 33 heavy (non-hydrogen) atoms. The van der Waals surface area contributed by atoms with Crippen molar-refractivity contribution in [3.8, 4) is 0 Å². The molecule has 2 N–H and O–H groups in total. The molecular formula is C24H31F3N4O2. The van der Waals surface area contributed by atoms with Crippen LogP contribution in [0.25, 0.3) is 0 Å². The van der Waals surface area contributed by atoms with E-state index in [1.165, 1.54) is 12.1 Å². The lowest BCUT2D eigenvalue weighted by Gasteiger charge is -2.31. The van der Waals surface area contributed by atoms with Gasteiger partial charge in [0.15, 0.2) is 0 Å². The number of hydrogen-bond donors (Lipinski definition) is 2. The second-order valence-corrected chi connectivity index (χ2v) is 8.44. The maximum absolute atomic E-state index is 13.4. The van der Waals surface area contributed by atoms with E-state index in [1.807, 2.05) is 63.2 Å². The normalized spacial score (nSPS) is 12.5. The summed E-state index contributed by atoms with van der Waals surface area (Å²) < 4.78 is 38.2. The zero-order valence-corrected chi connectivity index (χ0v) is 19.3. The molecule has 1 unspecified atom stereocenters. The molecule has 180 valence electrons. The Labute approximate surface area is 192 Å². The number of urea groups is 1. The number of hydrogen-bond acceptors (Lipinski definition) is 3. The van der Waals surface area contributed by atoms with Crippen LogP contribution in [0.15, 0.2) is 54.6 Å². The van der Waals surface area contributed by atoms with Gasteiger partial charge in [-0.25, -0.2) is 4.79 Å². The lowest BCUT2D eigenvalue weighted by Crippen LogP contribution is -2.53. The molecular weight excluding hydrogens is 433 g/mol. The molecule has 0 fully saturated rings. The predicted octanol–water partition coefficient (Wildman–Crippen LogP) is 4.44. The summed E-state index contributed by atoms with van der Waals surface area (Å²) in [6.07, 6.45) is -4.45. The molecule has 0 saturated heterocycles. The molecule has 0 aliphatic heterocycles. The van der Waals surface area contributed by atoms with Gasteiger partial charge in [0.2, 0.25) is 5.91 Å². The summed E-state index contributed by atoms with van der Waals surface area (Å²) in [6.45, 7) is 5.19. The average molecular weight is 465 g/mol. The van der Waals surface area contributed by atoms with E-state index in [4.69, 9.17) is 0 Å². The molecule has 1 atom stereocenters. The van der Waals surface area contributed by atoms with E-state index >= 15 is 0 Å². The first-order chi connectivity index (χ1) is 15.5. The molecule has 2 rings (SSSR count). The van der Waals surface area contributed by atoms with Crippen molar-refractivity contribution in [1.29, 1.82) is 0 Å². The van der Waals surface area contributed by atoms with Crippen molar-refractivity contribution in [2.45, 2.75) is 32.6 Å². The third kappa shape index (κ3) is 8.42. The van der Waals surface area contributed by atoms with Gasteiger partial charge >= 0.3 is 12.2 Å². The molecule has 3 amide bonds. The van der Waals surface area contributed by atoms with Gasteiger partial charge in [-0.3, -0.25) is 4.79 Å². The summed E-state index contributed by atoms with van der Waals surface area (Å²) >= 11 is 0. The zero-order valence-electron chi connectivity index (χ0n) is 19.3.